The second-order valence-electron chi connectivity index (χ2n) is 8.19. The van der Waals surface area contributed by atoms with Crippen molar-refractivity contribution in [1.82, 2.24) is 15.1 Å². The average molecular weight is 350 g/mol. The van der Waals surface area contributed by atoms with Gasteiger partial charge in [-0.1, -0.05) is 25.7 Å². The lowest BCUT2D eigenvalue weighted by atomic mass is 9.94. The standard InChI is InChI=1S/C20H35N3O2/c24-19(21-18-8-4-1-2-5-9-18)16-22-14-10-17(11-15-22)20(25)23-12-6-3-7-13-23/h17-18H,1-16H2,(H,21,24). The zero-order valence-electron chi connectivity index (χ0n) is 15.7. The molecule has 25 heavy (non-hydrogen) atoms. The summed E-state index contributed by atoms with van der Waals surface area (Å²) in [5.41, 5.74) is 0. The van der Waals surface area contributed by atoms with E-state index in [1.165, 1.54) is 32.1 Å². The van der Waals surface area contributed by atoms with Gasteiger partial charge in [0.05, 0.1) is 6.54 Å². The number of hydrogen-bond donors (Lipinski definition) is 1. The lowest BCUT2D eigenvalue weighted by Crippen LogP contribution is -2.47. The Balaban J connectivity index is 1.36. The van der Waals surface area contributed by atoms with E-state index in [1.807, 2.05) is 0 Å². The minimum absolute atomic E-state index is 0.174. The van der Waals surface area contributed by atoms with E-state index in [-0.39, 0.29) is 11.8 Å². The highest BCUT2D eigenvalue weighted by Gasteiger charge is 2.29. The monoisotopic (exact) mass is 349 g/mol. The van der Waals surface area contributed by atoms with Gasteiger partial charge >= 0.3 is 0 Å². The van der Waals surface area contributed by atoms with Crippen LogP contribution in [0.4, 0.5) is 0 Å². The van der Waals surface area contributed by atoms with Crippen molar-refractivity contribution in [3.05, 3.63) is 0 Å². The Hall–Kier alpha value is -1.10. The Morgan fingerprint density at radius 3 is 2.00 bits per heavy atom. The van der Waals surface area contributed by atoms with Gasteiger partial charge in [-0.2, -0.15) is 0 Å². The Kier molecular flexibility index (Phi) is 7.14. The maximum Gasteiger partial charge on any atom is 0.234 e. The third-order valence-corrected chi connectivity index (χ3v) is 6.19. The Labute approximate surface area is 152 Å². The van der Waals surface area contributed by atoms with Gasteiger partial charge in [0.2, 0.25) is 11.8 Å². The number of piperidine rings is 2. The van der Waals surface area contributed by atoms with Crippen LogP contribution in [0, 0.1) is 5.92 Å². The number of carbonyl (C=O) groups is 2. The zero-order valence-corrected chi connectivity index (χ0v) is 15.7. The molecule has 0 atom stereocenters. The molecule has 1 N–H and O–H groups in total. The van der Waals surface area contributed by atoms with Crippen LogP contribution in [-0.2, 0) is 9.59 Å². The molecule has 2 saturated heterocycles. The summed E-state index contributed by atoms with van der Waals surface area (Å²) in [7, 11) is 0. The topological polar surface area (TPSA) is 52.7 Å². The Morgan fingerprint density at radius 1 is 0.760 bits per heavy atom. The normalized spacial score (nSPS) is 24.7. The molecule has 1 aliphatic carbocycles. The van der Waals surface area contributed by atoms with Crippen LogP contribution in [-0.4, -0.2) is 60.4 Å². The third-order valence-electron chi connectivity index (χ3n) is 6.19. The second-order valence-corrected chi connectivity index (χ2v) is 8.19. The summed E-state index contributed by atoms with van der Waals surface area (Å²) in [4.78, 5) is 29.2. The molecule has 0 spiro atoms. The summed E-state index contributed by atoms with van der Waals surface area (Å²) >= 11 is 0. The van der Waals surface area contributed by atoms with Gasteiger partial charge in [0, 0.05) is 25.0 Å². The van der Waals surface area contributed by atoms with Gasteiger partial charge in [0.15, 0.2) is 0 Å². The van der Waals surface area contributed by atoms with Crippen LogP contribution in [0.2, 0.25) is 0 Å². The van der Waals surface area contributed by atoms with Gasteiger partial charge in [0.25, 0.3) is 0 Å². The summed E-state index contributed by atoms with van der Waals surface area (Å²) in [5.74, 6) is 0.717. The fourth-order valence-corrected chi connectivity index (χ4v) is 4.61. The molecule has 3 rings (SSSR count). The van der Waals surface area contributed by atoms with E-state index in [9.17, 15) is 9.59 Å². The van der Waals surface area contributed by atoms with Crippen molar-refractivity contribution >= 4 is 11.8 Å². The lowest BCUT2D eigenvalue weighted by Gasteiger charge is -2.35. The first kappa shape index (κ1) is 18.7. The van der Waals surface area contributed by atoms with Crippen molar-refractivity contribution in [2.45, 2.75) is 76.7 Å². The van der Waals surface area contributed by atoms with E-state index in [1.54, 1.807) is 0 Å². The summed E-state index contributed by atoms with van der Waals surface area (Å²) < 4.78 is 0. The number of nitrogens with zero attached hydrogens (tertiary/aromatic N) is 2. The number of nitrogens with one attached hydrogen (secondary N) is 1. The number of hydrogen-bond acceptors (Lipinski definition) is 3. The number of likely N-dealkylation sites (tertiary alicyclic amines) is 2. The van der Waals surface area contributed by atoms with Crippen molar-refractivity contribution in [3.63, 3.8) is 0 Å². The number of carbonyl (C=O) groups excluding carboxylic acids is 2. The molecular formula is C20H35N3O2. The third kappa shape index (κ3) is 5.70. The van der Waals surface area contributed by atoms with E-state index in [0.29, 0.717) is 18.5 Å². The molecule has 1 saturated carbocycles. The van der Waals surface area contributed by atoms with E-state index in [2.05, 4.69) is 15.1 Å². The van der Waals surface area contributed by atoms with Gasteiger partial charge in [0.1, 0.15) is 0 Å². The van der Waals surface area contributed by atoms with E-state index in [0.717, 1.165) is 64.7 Å². The highest BCUT2D eigenvalue weighted by atomic mass is 16.2. The molecular weight excluding hydrogens is 314 g/mol. The van der Waals surface area contributed by atoms with Crippen molar-refractivity contribution in [3.8, 4) is 0 Å². The van der Waals surface area contributed by atoms with Crippen molar-refractivity contribution in [2.24, 2.45) is 5.92 Å². The number of amides is 2. The second kappa shape index (κ2) is 9.56. The quantitative estimate of drug-likeness (QED) is 0.794. The molecule has 0 aromatic carbocycles. The zero-order chi connectivity index (χ0) is 17.5. The predicted molar refractivity (Wildman–Crippen MR) is 99.2 cm³/mol. The minimum Gasteiger partial charge on any atom is -0.352 e. The molecule has 0 aromatic heterocycles. The van der Waals surface area contributed by atoms with Crippen LogP contribution in [0.3, 0.4) is 0 Å². The largest absolute Gasteiger partial charge is 0.352 e. The van der Waals surface area contributed by atoms with Crippen LogP contribution >= 0.6 is 0 Å². The Morgan fingerprint density at radius 2 is 1.36 bits per heavy atom. The van der Waals surface area contributed by atoms with Crippen LogP contribution in [0.1, 0.15) is 70.6 Å². The smallest absolute Gasteiger partial charge is 0.234 e. The lowest BCUT2D eigenvalue weighted by molar-refractivity contribution is -0.138. The molecule has 0 radical (unpaired) electrons. The first-order valence-corrected chi connectivity index (χ1v) is 10.5. The van der Waals surface area contributed by atoms with Crippen LogP contribution < -0.4 is 5.32 Å². The SMILES string of the molecule is O=C(CN1CCC(C(=O)N2CCCCC2)CC1)NC1CCCCCC1. The highest BCUT2D eigenvalue weighted by molar-refractivity contribution is 5.79. The molecule has 5 nitrogen and oxygen atoms in total. The summed E-state index contributed by atoms with van der Waals surface area (Å²) in [6, 6.07) is 0.383. The molecule has 5 heteroatoms. The fourth-order valence-electron chi connectivity index (χ4n) is 4.61. The number of rotatable bonds is 4. The highest BCUT2D eigenvalue weighted by Crippen LogP contribution is 2.22. The molecule has 142 valence electrons. The summed E-state index contributed by atoms with van der Waals surface area (Å²) in [6.07, 6.45) is 12.8. The summed E-state index contributed by atoms with van der Waals surface area (Å²) in [5, 5.41) is 3.24. The molecule has 2 aliphatic heterocycles. The van der Waals surface area contributed by atoms with Crippen LogP contribution in [0.15, 0.2) is 0 Å². The fraction of sp³-hybridized carbons (Fsp3) is 0.900. The van der Waals surface area contributed by atoms with Crippen molar-refractivity contribution in [2.75, 3.05) is 32.7 Å². The molecule has 0 bridgehead atoms. The van der Waals surface area contributed by atoms with Gasteiger partial charge in [-0.25, -0.2) is 0 Å². The van der Waals surface area contributed by atoms with Crippen molar-refractivity contribution < 1.29 is 9.59 Å². The maximum absolute atomic E-state index is 12.6. The average Bonchev–Trinajstić information content (AvgIpc) is 2.91. The first-order valence-electron chi connectivity index (χ1n) is 10.5. The predicted octanol–water partition coefficient (Wildman–Crippen LogP) is 2.55. The van der Waals surface area contributed by atoms with Crippen LogP contribution in [0.5, 0.6) is 0 Å². The molecule has 2 amide bonds. The molecule has 2 heterocycles. The van der Waals surface area contributed by atoms with E-state index < -0.39 is 0 Å². The van der Waals surface area contributed by atoms with Gasteiger partial charge < -0.3 is 10.2 Å². The summed E-state index contributed by atoms with van der Waals surface area (Å²) in [6.45, 7) is 4.15. The molecule has 3 aliphatic rings. The van der Waals surface area contributed by atoms with Gasteiger partial charge in [-0.05, 0) is 58.0 Å². The molecule has 3 fully saturated rings. The van der Waals surface area contributed by atoms with Gasteiger partial charge in [-0.15, -0.1) is 0 Å². The van der Waals surface area contributed by atoms with E-state index in [4.69, 9.17) is 0 Å². The van der Waals surface area contributed by atoms with Crippen LogP contribution in [0.25, 0.3) is 0 Å². The van der Waals surface area contributed by atoms with Crippen molar-refractivity contribution in [1.29, 1.82) is 0 Å². The molecule has 0 aromatic rings. The van der Waals surface area contributed by atoms with E-state index >= 15 is 0 Å². The Bertz CT molecular complexity index is 432. The first-order chi connectivity index (χ1) is 12.2. The van der Waals surface area contributed by atoms with Gasteiger partial charge in [-0.3, -0.25) is 14.5 Å². The molecule has 0 unspecified atom stereocenters. The minimum atomic E-state index is 0.174. The maximum atomic E-state index is 12.6.